The Bertz CT molecular complexity index is 643. The smallest absolute Gasteiger partial charge is 0.310 e. The Labute approximate surface area is 124 Å². The number of carboxylic acids is 1. The van der Waals surface area contributed by atoms with Crippen LogP contribution in [0.25, 0.3) is 0 Å². The molecule has 0 aromatic heterocycles. The third-order valence-electron chi connectivity index (χ3n) is 3.83. The van der Waals surface area contributed by atoms with Gasteiger partial charge in [0.1, 0.15) is 5.75 Å². The minimum Gasteiger partial charge on any atom is -0.497 e. The Kier molecular flexibility index (Phi) is 4.25. The average molecular weight is 313 g/mol. The second-order valence-corrected chi connectivity index (χ2v) is 7.53. The Hall–Kier alpha value is -1.60. The highest BCUT2D eigenvalue weighted by Crippen LogP contribution is 2.32. The molecule has 7 heteroatoms. The molecule has 0 spiro atoms. The number of rotatable bonds is 5. The number of hydrogen-bond acceptors (Lipinski definition) is 4. The lowest BCUT2D eigenvalue weighted by atomic mass is 9.90. The molecule has 1 fully saturated rings. The third-order valence-corrected chi connectivity index (χ3v) is 5.63. The first-order valence-electron chi connectivity index (χ1n) is 6.61. The molecule has 1 saturated heterocycles. The minimum atomic E-state index is -3.53. The Morgan fingerprint density at radius 2 is 2.19 bits per heavy atom. The highest BCUT2D eigenvalue weighted by molar-refractivity contribution is 7.88. The summed E-state index contributed by atoms with van der Waals surface area (Å²) in [6.07, 6.45) is 0.333. The van der Waals surface area contributed by atoms with Crippen molar-refractivity contribution in [2.45, 2.75) is 19.1 Å². The Balaban J connectivity index is 2.14. The van der Waals surface area contributed by atoms with Crippen LogP contribution in [-0.2, 0) is 20.6 Å². The summed E-state index contributed by atoms with van der Waals surface area (Å²) in [5.74, 6) is -0.513. The molecule has 2 rings (SSSR count). The van der Waals surface area contributed by atoms with Gasteiger partial charge in [0, 0.05) is 13.1 Å². The Morgan fingerprint density at radius 1 is 1.48 bits per heavy atom. The SMILES string of the molecule is COc1cccc(CS(=O)(=O)N2CCC(C)(C(=O)O)C2)c1. The van der Waals surface area contributed by atoms with E-state index in [1.54, 1.807) is 31.2 Å². The summed E-state index contributed by atoms with van der Waals surface area (Å²) in [5.41, 5.74) is -0.375. The number of nitrogens with zero attached hydrogens (tertiary/aromatic N) is 1. The highest BCUT2D eigenvalue weighted by Gasteiger charge is 2.44. The van der Waals surface area contributed by atoms with Crippen molar-refractivity contribution in [1.29, 1.82) is 0 Å². The predicted molar refractivity (Wildman–Crippen MR) is 77.6 cm³/mol. The van der Waals surface area contributed by atoms with Gasteiger partial charge in [-0.05, 0) is 31.0 Å². The van der Waals surface area contributed by atoms with Crippen LogP contribution in [0.3, 0.4) is 0 Å². The number of carboxylic acid groups (broad SMARTS) is 1. The largest absolute Gasteiger partial charge is 0.497 e. The molecule has 1 aromatic rings. The molecule has 1 aliphatic rings. The first kappa shape index (κ1) is 15.8. The fourth-order valence-electron chi connectivity index (χ4n) is 2.39. The number of methoxy groups -OCH3 is 1. The van der Waals surface area contributed by atoms with E-state index in [0.717, 1.165) is 0 Å². The number of hydrogen-bond donors (Lipinski definition) is 1. The highest BCUT2D eigenvalue weighted by atomic mass is 32.2. The van der Waals surface area contributed by atoms with Crippen LogP contribution >= 0.6 is 0 Å². The molecule has 21 heavy (non-hydrogen) atoms. The van der Waals surface area contributed by atoms with Crippen LogP contribution in [0.15, 0.2) is 24.3 Å². The van der Waals surface area contributed by atoms with Gasteiger partial charge >= 0.3 is 5.97 Å². The molecule has 1 aliphatic heterocycles. The van der Waals surface area contributed by atoms with Gasteiger partial charge in [0.2, 0.25) is 10.0 Å². The van der Waals surface area contributed by atoms with Gasteiger partial charge in [-0.3, -0.25) is 4.79 Å². The lowest BCUT2D eigenvalue weighted by Gasteiger charge is -2.20. The van der Waals surface area contributed by atoms with E-state index in [1.807, 2.05) is 0 Å². The molecule has 1 unspecified atom stereocenters. The summed E-state index contributed by atoms with van der Waals surface area (Å²) in [4.78, 5) is 11.2. The second kappa shape index (κ2) is 5.65. The average Bonchev–Trinajstić information content (AvgIpc) is 2.83. The second-order valence-electron chi connectivity index (χ2n) is 5.56. The Morgan fingerprint density at radius 3 is 2.76 bits per heavy atom. The molecule has 0 bridgehead atoms. The quantitative estimate of drug-likeness (QED) is 0.886. The van der Waals surface area contributed by atoms with Crippen molar-refractivity contribution in [2.24, 2.45) is 5.41 Å². The third kappa shape index (κ3) is 3.36. The van der Waals surface area contributed by atoms with Gasteiger partial charge in [0.05, 0.1) is 18.3 Å². The maximum atomic E-state index is 12.4. The number of carbonyl (C=O) groups is 1. The van der Waals surface area contributed by atoms with Crippen molar-refractivity contribution in [1.82, 2.24) is 4.31 Å². The summed E-state index contributed by atoms with van der Waals surface area (Å²) in [5, 5.41) is 9.18. The summed E-state index contributed by atoms with van der Waals surface area (Å²) < 4.78 is 31.1. The zero-order valence-corrected chi connectivity index (χ0v) is 12.9. The van der Waals surface area contributed by atoms with E-state index in [-0.39, 0.29) is 18.8 Å². The molecule has 1 heterocycles. The van der Waals surface area contributed by atoms with E-state index in [0.29, 0.717) is 17.7 Å². The normalized spacial score (nSPS) is 23.1. The van der Waals surface area contributed by atoms with E-state index >= 15 is 0 Å². The van der Waals surface area contributed by atoms with Gasteiger partial charge in [-0.15, -0.1) is 0 Å². The zero-order chi connectivity index (χ0) is 15.7. The van der Waals surface area contributed by atoms with E-state index in [4.69, 9.17) is 4.74 Å². The monoisotopic (exact) mass is 313 g/mol. The molecule has 0 amide bonds. The molecular formula is C14H19NO5S. The maximum Gasteiger partial charge on any atom is 0.310 e. The van der Waals surface area contributed by atoms with Gasteiger partial charge in [0.25, 0.3) is 0 Å². The van der Waals surface area contributed by atoms with Crippen molar-refractivity contribution in [3.8, 4) is 5.75 Å². The van der Waals surface area contributed by atoms with Gasteiger partial charge in [-0.25, -0.2) is 12.7 Å². The maximum absolute atomic E-state index is 12.4. The van der Waals surface area contributed by atoms with Gasteiger partial charge < -0.3 is 9.84 Å². The summed E-state index contributed by atoms with van der Waals surface area (Å²) in [6.45, 7) is 1.85. The number of benzene rings is 1. The first-order valence-corrected chi connectivity index (χ1v) is 8.22. The van der Waals surface area contributed by atoms with Crippen molar-refractivity contribution in [3.05, 3.63) is 29.8 Å². The van der Waals surface area contributed by atoms with E-state index < -0.39 is 21.4 Å². The standard InChI is InChI=1S/C14H19NO5S/c1-14(13(16)17)6-7-15(10-14)21(18,19)9-11-4-3-5-12(8-11)20-2/h3-5,8H,6-7,9-10H2,1-2H3,(H,16,17). The van der Waals surface area contributed by atoms with Crippen molar-refractivity contribution in [3.63, 3.8) is 0 Å². The predicted octanol–water partition coefficient (Wildman–Crippen LogP) is 1.32. The first-order chi connectivity index (χ1) is 9.77. The molecule has 1 atom stereocenters. The summed E-state index contributed by atoms with van der Waals surface area (Å²) >= 11 is 0. The van der Waals surface area contributed by atoms with Crippen LogP contribution in [-0.4, -0.2) is 44.0 Å². The topological polar surface area (TPSA) is 83.9 Å². The van der Waals surface area contributed by atoms with E-state index in [1.165, 1.54) is 11.4 Å². The van der Waals surface area contributed by atoms with Crippen LogP contribution in [0.5, 0.6) is 5.75 Å². The van der Waals surface area contributed by atoms with Crippen LogP contribution in [0.4, 0.5) is 0 Å². The number of sulfonamides is 1. The summed E-state index contributed by atoms with van der Waals surface area (Å²) in [7, 11) is -2.01. The molecule has 0 aliphatic carbocycles. The molecule has 1 N–H and O–H groups in total. The van der Waals surface area contributed by atoms with Crippen LogP contribution in [0.1, 0.15) is 18.9 Å². The van der Waals surface area contributed by atoms with Crippen molar-refractivity contribution >= 4 is 16.0 Å². The minimum absolute atomic E-state index is 0.0225. The fourth-order valence-corrected chi connectivity index (χ4v) is 4.03. The molecule has 1 aromatic carbocycles. The van der Waals surface area contributed by atoms with Gasteiger partial charge in [0.15, 0.2) is 0 Å². The molecule has 116 valence electrons. The lowest BCUT2D eigenvalue weighted by molar-refractivity contribution is -0.146. The van der Waals surface area contributed by atoms with Gasteiger partial charge in [-0.2, -0.15) is 0 Å². The number of ether oxygens (including phenoxy) is 1. The molecular weight excluding hydrogens is 294 g/mol. The van der Waals surface area contributed by atoms with Crippen molar-refractivity contribution in [2.75, 3.05) is 20.2 Å². The molecule has 0 saturated carbocycles. The van der Waals surface area contributed by atoms with E-state index in [9.17, 15) is 18.3 Å². The van der Waals surface area contributed by atoms with Gasteiger partial charge in [-0.1, -0.05) is 12.1 Å². The molecule has 6 nitrogen and oxygen atoms in total. The van der Waals surface area contributed by atoms with E-state index in [2.05, 4.69) is 0 Å². The number of aliphatic carboxylic acids is 1. The lowest BCUT2D eigenvalue weighted by Crippen LogP contribution is -2.35. The van der Waals surface area contributed by atoms with Crippen LogP contribution < -0.4 is 4.74 Å². The van der Waals surface area contributed by atoms with Crippen LogP contribution in [0, 0.1) is 5.41 Å². The molecule has 0 radical (unpaired) electrons. The fraction of sp³-hybridized carbons (Fsp3) is 0.500. The summed E-state index contributed by atoms with van der Waals surface area (Å²) in [6, 6.07) is 6.86. The van der Waals surface area contributed by atoms with Crippen LogP contribution in [0.2, 0.25) is 0 Å². The van der Waals surface area contributed by atoms with Crippen molar-refractivity contribution < 1.29 is 23.1 Å². The zero-order valence-electron chi connectivity index (χ0n) is 12.1.